The van der Waals surface area contributed by atoms with Crippen molar-refractivity contribution in [2.45, 2.75) is 32.2 Å². The van der Waals surface area contributed by atoms with E-state index in [1.54, 1.807) is 6.92 Å². The van der Waals surface area contributed by atoms with Crippen LogP contribution in [-0.2, 0) is 23.7 Å². The van der Waals surface area contributed by atoms with Crippen molar-refractivity contribution < 1.29 is 76.6 Å². The SMILES string of the molecule is COC(=O)Oc1cccc(C(=O)N(C)CCCN(C(=O)c2cccc(OC(=O)OC)c2OC(=O)OC)C(C)CCC(=O)O)c1OC(=O)OC. The van der Waals surface area contributed by atoms with Gasteiger partial charge in [-0.1, -0.05) is 12.1 Å². The molecule has 2 amide bonds. The highest BCUT2D eigenvalue weighted by atomic mass is 16.8. The maximum absolute atomic E-state index is 14.0. The molecule has 18 heteroatoms. The summed E-state index contributed by atoms with van der Waals surface area (Å²) in [5.74, 6) is -4.02. The number of benzene rings is 2. The molecule has 0 aliphatic rings. The second-order valence-electron chi connectivity index (χ2n) is 9.85. The lowest BCUT2D eigenvalue weighted by atomic mass is 10.1. The average Bonchev–Trinajstić information content (AvgIpc) is 3.09. The van der Waals surface area contributed by atoms with Gasteiger partial charge in [0.1, 0.15) is 0 Å². The molecule has 0 heterocycles. The smallest absolute Gasteiger partial charge is 0.481 e. The molecule has 0 aliphatic heterocycles. The third-order valence-electron chi connectivity index (χ3n) is 6.65. The van der Waals surface area contributed by atoms with Gasteiger partial charge in [-0.2, -0.15) is 0 Å². The molecule has 1 N–H and O–H groups in total. The molecule has 0 spiro atoms. The zero-order valence-electron chi connectivity index (χ0n) is 27.5. The zero-order valence-corrected chi connectivity index (χ0v) is 27.5. The first-order valence-corrected chi connectivity index (χ1v) is 14.3. The number of carbonyl (C=O) groups excluding carboxylic acids is 6. The summed E-state index contributed by atoms with van der Waals surface area (Å²) in [4.78, 5) is 88.9. The highest BCUT2D eigenvalue weighted by Crippen LogP contribution is 2.35. The van der Waals surface area contributed by atoms with Crippen molar-refractivity contribution in [2.75, 3.05) is 48.6 Å². The number of hydrogen-bond donors (Lipinski definition) is 1. The first kappa shape index (κ1) is 39.1. The Bertz CT molecular complexity index is 1540. The van der Waals surface area contributed by atoms with Crippen molar-refractivity contribution in [3.8, 4) is 23.0 Å². The molecule has 266 valence electrons. The molecule has 2 rings (SSSR count). The van der Waals surface area contributed by atoms with E-state index in [1.807, 2.05) is 0 Å². The van der Waals surface area contributed by atoms with Gasteiger partial charge in [0.15, 0.2) is 23.0 Å². The van der Waals surface area contributed by atoms with E-state index in [9.17, 15) is 38.7 Å². The summed E-state index contributed by atoms with van der Waals surface area (Å²) in [6.45, 7) is 1.56. The number of hydrogen-bond acceptors (Lipinski definition) is 15. The normalized spacial score (nSPS) is 10.8. The van der Waals surface area contributed by atoms with Crippen molar-refractivity contribution >= 4 is 42.4 Å². The minimum absolute atomic E-state index is 0.00498. The summed E-state index contributed by atoms with van der Waals surface area (Å²) in [5, 5.41) is 9.25. The Hall–Kier alpha value is -6.07. The Morgan fingerprint density at radius 1 is 0.653 bits per heavy atom. The quantitative estimate of drug-likeness (QED) is 0.167. The number of nitrogens with zero attached hydrogens (tertiary/aromatic N) is 2. The summed E-state index contributed by atoms with van der Waals surface area (Å²) >= 11 is 0. The fourth-order valence-corrected chi connectivity index (χ4v) is 4.20. The van der Waals surface area contributed by atoms with Gasteiger partial charge in [0.2, 0.25) is 0 Å². The number of amides is 2. The van der Waals surface area contributed by atoms with Crippen LogP contribution >= 0.6 is 0 Å². The van der Waals surface area contributed by atoms with Gasteiger partial charge in [0.05, 0.1) is 39.6 Å². The van der Waals surface area contributed by atoms with Crippen LogP contribution in [0.25, 0.3) is 0 Å². The molecule has 0 fully saturated rings. The van der Waals surface area contributed by atoms with Crippen LogP contribution in [0, 0.1) is 0 Å². The van der Waals surface area contributed by atoms with Gasteiger partial charge in [0.25, 0.3) is 11.8 Å². The van der Waals surface area contributed by atoms with Crippen LogP contribution < -0.4 is 18.9 Å². The Kier molecular flexibility index (Phi) is 15.1. The van der Waals surface area contributed by atoms with Crippen LogP contribution in [-0.4, -0.2) is 112 Å². The Morgan fingerprint density at radius 3 is 1.51 bits per heavy atom. The number of para-hydroxylation sites is 2. The minimum Gasteiger partial charge on any atom is -0.481 e. The number of aliphatic carboxylic acids is 1. The molecule has 1 atom stereocenters. The predicted molar refractivity (Wildman–Crippen MR) is 164 cm³/mol. The molecule has 0 aliphatic carbocycles. The van der Waals surface area contributed by atoms with Crippen molar-refractivity contribution in [2.24, 2.45) is 0 Å². The Balaban J connectivity index is 2.40. The standard InChI is InChI=1S/C31H36N2O16/c1-18(14-15-23(34)35)33(27(37)20-11-8-13-22(47-29(39)43-4)25(20)49-31(41)45-6)17-9-16-32(2)26(36)19-10-7-12-21(46-28(38)42-3)24(19)48-30(40)44-5/h7-8,10-13,18H,9,14-17H2,1-6H3,(H,34,35). The fourth-order valence-electron chi connectivity index (χ4n) is 4.20. The first-order chi connectivity index (χ1) is 23.3. The zero-order chi connectivity index (χ0) is 36.7. The second kappa shape index (κ2) is 18.9. The summed E-state index contributed by atoms with van der Waals surface area (Å²) in [6, 6.07) is 7.16. The molecule has 0 radical (unpaired) electrons. The molecule has 0 saturated heterocycles. The summed E-state index contributed by atoms with van der Waals surface area (Å²) in [7, 11) is 5.60. The van der Waals surface area contributed by atoms with Gasteiger partial charge >= 0.3 is 30.6 Å². The number of ether oxygens (including phenoxy) is 8. The third-order valence-corrected chi connectivity index (χ3v) is 6.65. The van der Waals surface area contributed by atoms with Crippen LogP contribution in [0.1, 0.15) is 46.9 Å². The van der Waals surface area contributed by atoms with Crippen LogP contribution in [0.5, 0.6) is 23.0 Å². The fraction of sp³-hybridized carbons (Fsp3) is 0.387. The van der Waals surface area contributed by atoms with Gasteiger partial charge in [-0.25, -0.2) is 19.2 Å². The lowest BCUT2D eigenvalue weighted by Gasteiger charge is -2.30. The van der Waals surface area contributed by atoms with Gasteiger partial charge in [0, 0.05) is 32.6 Å². The molecule has 0 saturated carbocycles. The van der Waals surface area contributed by atoms with Gasteiger partial charge in [-0.3, -0.25) is 14.4 Å². The highest BCUT2D eigenvalue weighted by Gasteiger charge is 2.29. The minimum atomic E-state index is -1.22. The predicted octanol–water partition coefficient (Wildman–Crippen LogP) is 4.13. The molecule has 18 nitrogen and oxygen atoms in total. The monoisotopic (exact) mass is 692 g/mol. The molecular weight excluding hydrogens is 656 g/mol. The van der Waals surface area contributed by atoms with Crippen molar-refractivity contribution in [3.05, 3.63) is 47.5 Å². The maximum atomic E-state index is 14.0. The third kappa shape index (κ3) is 11.3. The summed E-state index contributed by atoms with van der Waals surface area (Å²) in [5.41, 5.74) is -0.408. The maximum Gasteiger partial charge on any atom is 0.513 e. The van der Waals surface area contributed by atoms with Crippen molar-refractivity contribution in [1.29, 1.82) is 0 Å². The van der Waals surface area contributed by atoms with E-state index in [0.29, 0.717) is 0 Å². The number of carboxylic acid groups (broad SMARTS) is 1. The topological polar surface area (TPSA) is 220 Å². The highest BCUT2D eigenvalue weighted by molar-refractivity contribution is 5.99. The average molecular weight is 693 g/mol. The lowest BCUT2D eigenvalue weighted by Crippen LogP contribution is -2.41. The second-order valence-corrected chi connectivity index (χ2v) is 9.85. The molecule has 0 aromatic heterocycles. The van der Waals surface area contributed by atoms with Crippen LogP contribution in [0.4, 0.5) is 19.2 Å². The van der Waals surface area contributed by atoms with Gasteiger partial charge in [-0.05, 0) is 44.0 Å². The van der Waals surface area contributed by atoms with Crippen LogP contribution in [0.3, 0.4) is 0 Å². The molecule has 0 bridgehead atoms. The van der Waals surface area contributed by atoms with Crippen LogP contribution in [0.2, 0.25) is 0 Å². The Labute approximate surface area is 280 Å². The van der Waals surface area contributed by atoms with E-state index in [0.717, 1.165) is 28.4 Å². The number of rotatable bonds is 14. The number of methoxy groups -OCH3 is 4. The van der Waals surface area contributed by atoms with Gasteiger partial charge < -0.3 is 52.8 Å². The van der Waals surface area contributed by atoms with Crippen LogP contribution in [0.15, 0.2) is 36.4 Å². The van der Waals surface area contributed by atoms with Crippen molar-refractivity contribution in [1.82, 2.24) is 9.80 Å². The first-order valence-electron chi connectivity index (χ1n) is 14.3. The Morgan fingerprint density at radius 2 is 1.08 bits per heavy atom. The van der Waals surface area contributed by atoms with E-state index >= 15 is 0 Å². The summed E-state index contributed by atoms with van der Waals surface area (Å²) < 4.78 is 38.3. The molecule has 49 heavy (non-hydrogen) atoms. The molecule has 1 unspecified atom stereocenters. The van der Waals surface area contributed by atoms with E-state index in [4.69, 9.17) is 18.9 Å². The number of carboxylic acids is 1. The molecule has 2 aromatic carbocycles. The van der Waals surface area contributed by atoms with E-state index in [-0.39, 0.29) is 55.0 Å². The van der Waals surface area contributed by atoms with E-state index < -0.39 is 59.9 Å². The van der Waals surface area contributed by atoms with E-state index in [1.165, 1.54) is 53.2 Å². The lowest BCUT2D eigenvalue weighted by molar-refractivity contribution is -0.137. The van der Waals surface area contributed by atoms with E-state index in [2.05, 4.69) is 18.9 Å². The summed E-state index contributed by atoms with van der Waals surface area (Å²) in [6.07, 6.45) is -4.85. The molecule has 2 aromatic rings. The number of carbonyl (C=O) groups is 7. The van der Waals surface area contributed by atoms with Crippen molar-refractivity contribution in [3.63, 3.8) is 0 Å². The molecular formula is C31H36N2O16. The van der Waals surface area contributed by atoms with Gasteiger partial charge in [-0.15, -0.1) is 0 Å². The largest absolute Gasteiger partial charge is 0.513 e.